The predicted molar refractivity (Wildman–Crippen MR) is 90.8 cm³/mol. The van der Waals surface area contributed by atoms with Gasteiger partial charge in [-0.15, -0.1) is 0 Å². The molecular weight excluding hydrogens is 326 g/mol. The van der Waals surface area contributed by atoms with E-state index in [1.54, 1.807) is 24.3 Å². The van der Waals surface area contributed by atoms with E-state index in [9.17, 15) is 14.4 Å². The van der Waals surface area contributed by atoms with Crippen LogP contribution in [0.3, 0.4) is 0 Å². The maximum atomic E-state index is 12.4. The standard InChI is InChI=1S/C17H21N3O5/c1-3-18-15(22)11-4-6-12(7-5-11)19-14-13(17(24)25-2)10-20(8-9-21)16(14)23/h4-7,19,21H,3,8-10H2,1-2H3,(H,18,22). The summed E-state index contributed by atoms with van der Waals surface area (Å²) in [6, 6.07) is 6.54. The fourth-order valence-corrected chi connectivity index (χ4v) is 2.46. The maximum absolute atomic E-state index is 12.4. The molecule has 1 heterocycles. The van der Waals surface area contributed by atoms with Crippen LogP contribution in [0.5, 0.6) is 0 Å². The lowest BCUT2D eigenvalue weighted by Crippen LogP contribution is -2.31. The number of aliphatic hydroxyl groups excluding tert-OH is 1. The molecule has 1 aliphatic rings. The quantitative estimate of drug-likeness (QED) is 0.604. The second-order valence-corrected chi connectivity index (χ2v) is 5.36. The Labute approximate surface area is 145 Å². The third-order valence-electron chi connectivity index (χ3n) is 3.71. The van der Waals surface area contributed by atoms with E-state index in [2.05, 4.69) is 10.6 Å². The lowest BCUT2D eigenvalue weighted by atomic mass is 10.1. The molecule has 0 aliphatic carbocycles. The van der Waals surface area contributed by atoms with Gasteiger partial charge >= 0.3 is 5.97 Å². The van der Waals surface area contributed by atoms with Gasteiger partial charge in [0.1, 0.15) is 5.70 Å². The molecule has 0 saturated heterocycles. The Morgan fingerprint density at radius 2 is 1.96 bits per heavy atom. The lowest BCUT2D eigenvalue weighted by molar-refractivity contribution is -0.136. The number of nitrogens with zero attached hydrogens (tertiary/aromatic N) is 1. The van der Waals surface area contributed by atoms with Gasteiger partial charge in [0.15, 0.2) is 0 Å². The monoisotopic (exact) mass is 347 g/mol. The Balaban J connectivity index is 2.21. The van der Waals surface area contributed by atoms with Crippen LogP contribution in [-0.4, -0.2) is 61.1 Å². The molecule has 0 fully saturated rings. The number of benzene rings is 1. The van der Waals surface area contributed by atoms with E-state index in [1.807, 2.05) is 6.92 Å². The molecule has 0 spiro atoms. The average Bonchev–Trinajstić information content (AvgIpc) is 2.92. The third-order valence-corrected chi connectivity index (χ3v) is 3.71. The topological polar surface area (TPSA) is 108 Å². The number of hydrogen-bond acceptors (Lipinski definition) is 6. The molecule has 0 atom stereocenters. The van der Waals surface area contributed by atoms with E-state index in [-0.39, 0.29) is 42.8 Å². The number of anilines is 1. The van der Waals surface area contributed by atoms with Gasteiger partial charge in [-0.2, -0.15) is 0 Å². The Hall–Kier alpha value is -2.87. The van der Waals surface area contributed by atoms with Gasteiger partial charge < -0.3 is 25.4 Å². The van der Waals surface area contributed by atoms with E-state index >= 15 is 0 Å². The summed E-state index contributed by atoms with van der Waals surface area (Å²) in [4.78, 5) is 37.4. The highest BCUT2D eigenvalue weighted by Crippen LogP contribution is 2.22. The van der Waals surface area contributed by atoms with Crippen molar-refractivity contribution in [2.45, 2.75) is 6.92 Å². The van der Waals surface area contributed by atoms with Crippen LogP contribution in [0.25, 0.3) is 0 Å². The van der Waals surface area contributed by atoms with Gasteiger partial charge in [-0.25, -0.2) is 4.79 Å². The molecule has 3 N–H and O–H groups in total. The number of amides is 2. The van der Waals surface area contributed by atoms with Crippen molar-refractivity contribution in [1.29, 1.82) is 0 Å². The number of ether oxygens (including phenoxy) is 1. The summed E-state index contributed by atoms with van der Waals surface area (Å²) in [6.45, 7) is 2.36. The van der Waals surface area contributed by atoms with Crippen LogP contribution in [0.15, 0.2) is 35.5 Å². The zero-order valence-electron chi connectivity index (χ0n) is 14.2. The first-order chi connectivity index (χ1) is 12.0. The van der Waals surface area contributed by atoms with Crippen LogP contribution in [0, 0.1) is 0 Å². The highest BCUT2D eigenvalue weighted by molar-refractivity contribution is 6.08. The maximum Gasteiger partial charge on any atom is 0.337 e. The molecule has 25 heavy (non-hydrogen) atoms. The van der Waals surface area contributed by atoms with Crippen LogP contribution in [0.4, 0.5) is 5.69 Å². The van der Waals surface area contributed by atoms with E-state index in [1.165, 1.54) is 12.0 Å². The predicted octanol–water partition coefficient (Wildman–Crippen LogP) is 0.110. The van der Waals surface area contributed by atoms with Crippen LogP contribution < -0.4 is 10.6 Å². The molecule has 1 aliphatic heterocycles. The fraction of sp³-hybridized carbons (Fsp3) is 0.353. The van der Waals surface area contributed by atoms with Crippen molar-refractivity contribution in [2.75, 3.05) is 38.7 Å². The van der Waals surface area contributed by atoms with Gasteiger partial charge in [-0.05, 0) is 31.2 Å². The van der Waals surface area contributed by atoms with Gasteiger partial charge in [-0.1, -0.05) is 0 Å². The molecule has 0 bridgehead atoms. The number of esters is 1. The highest BCUT2D eigenvalue weighted by Gasteiger charge is 2.34. The lowest BCUT2D eigenvalue weighted by Gasteiger charge is -2.15. The minimum absolute atomic E-state index is 0.0748. The van der Waals surface area contributed by atoms with Crippen molar-refractivity contribution in [1.82, 2.24) is 10.2 Å². The van der Waals surface area contributed by atoms with Crippen molar-refractivity contribution in [3.8, 4) is 0 Å². The molecule has 8 nitrogen and oxygen atoms in total. The highest BCUT2D eigenvalue weighted by atomic mass is 16.5. The van der Waals surface area contributed by atoms with Crippen LogP contribution in [0.2, 0.25) is 0 Å². The first-order valence-electron chi connectivity index (χ1n) is 7.88. The second-order valence-electron chi connectivity index (χ2n) is 5.36. The number of aliphatic hydroxyl groups is 1. The van der Waals surface area contributed by atoms with E-state index in [0.717, 1.165) is 0 Å². The molecule has 0 saturated carbocycles. The van der Waals surface area contributed by atoms with Crippen molar-refractivity contribution < 1.29 is 24.2 Å². The summed E-state index contributed by atoms with van der Waals surface area (Å²) in [5.74, 6) is -1.17. The van der Waals surface area contributed by atoms with Gasteiger partial charge in [0.2, 0.25) is 0 Å². The minimum Gasteiger partial charge on any atom is -0.466 e. The summed E-state index contributed by atoms with van der Waals surface area (Å²) in [7, 11) is 1.24. The Bertz CT molecular complexity index is 697. The van der Waals surface area contributed by atoms with Gasteiger partial charge in [0.25, 0.3) is 11.8 Å². The molecule has 1 aromatic rings. The number of nitrogens with one attached hydrogen (secondary N) is 2. The minimum atomic E-state index is -0.602. The fourth-order valence-electron chi connectivity index (χ4n) is 2.46. The normalized spacial score (nSPS) is 13.9. The van der Waals surface area contributed by atoms with Crippen molar-refractivity contribution in [2.24, 2.45) is 0 Å². The van der Waals surface area contributed by atoms with Crippen molar-refractivity contribution in [3.05, 3.63) is 41.1 Å². The third kappa shape index (κ3) is 4.16. The Morgan fingerprint density at radius 1 is 1.28 bits per heavy atom. The number of β-amino-alcohol motifs (C(OH)–C–C–N with tert-alkyl or cyclic N) is 1. The Kier molecular flexibility index (Phi) is 6.13. The number of methoxy groups -OCH3 is 1. The number of hydrogen-bond donors (Lipinski definition) is 3. The first-order valence-corrected chi connectivity index (χ1v) is 7.88. The molecule has 0 aromatic heterocycles. The van der Waals surface area contributed by atoms with E-state index in [0.29, 0.717) is 17.8 Å². The van der Waals surface area contributed by atoms with Gasteiger partial charge in [0, 0.05) is 24.3 Å². The molecule has 2 rings (SSSR count). The van der Waals surface area contributed by atoms with Crippen molar-refractivity contribution >= 4 is 23.5 Å². The molecule has 134 valence electrons. The summed E-state index contributed by atoms with van der Waals surface area (Å²) < 4.78 is 4.72. The van der Waals surface area contributed by atoms with E-state index in [4.69, 9.17) is 9.84 Å². The summed E-state index contributed by atoms with van der Waals surface area (Å²) in [6.07, 6.45) is 0. The zero-order chi connectivity index (χ0) is 18.4. The molecule has 0 radical (unpaired) electrons. The number of carbonyl (C=O) groups is 3. The Morgan fingerprint density at radius 3 is 2.52 bits per heavy atom. The first kappa shape index (κ1) is 18.5. The molecule has 1 aromatic carbocycles. The number of carbonyl (C=O) groups excluding carboxylic acids is 3. The van der Waals surface area contributed by atoms with E-state index < -0.39 is 5.97 Å². The average molecular weight is 347 g/mol. The smallest absolute Gasteiger partial charge is 0.337 e. The summed E-state index contributed by atoms with van der Waals surface area (Å²) in [5, 5.41) is 14.7. The largest absolute Gasteiger partial charge is 0.466 e. The van der Waals surface area contributed by atoms with Crippen LogP contribution in [-0.2, 0) is 14.3 Å². The van der Waals surface area contributed by atoms with Crippen molar-refractivity contribution in [3.63, 3.8) is 0 Å². The zero-order valence-corrected chi connectivity index (χ0v) is 14.2. The summed E-state index contributed by atoms with van der Waals surface area (Å²) in [5.41, 5.74) is 1.37. The van der Waals surface area contributed by atoms with Crippen LogP contribution in [0.1, 0.15) is 17.3 Å². The molecule has 2 amide bonds. The second kappa shape index (κ2) is 8.29. The van der Waals surface area contributed by atoms with Crippen LogP contribution >= 0.6 is 0 Å². The molecular formula is C17H21N3O5. The molecule has 0 unspecified atom stereocenters. The molecule has 8 heteroatoms. The number of rotatable bonds is 7. The summed E-state index contributed by atoms with van der Waals surface area (Å²) >= 11 is 0. The van der Waals surface area contributed by atoms with Gasteiger partial charge in [0.05, 0.1) is 25.8 Å². The van der Waals surface area contributed by atoms with Gasteiger partial charge in [-0.3, -0.25) is 9.59 Å². The SMILES string of the molecule is CCNC(=O)c1ccc(NC2=C(C(=O)OC)CN(CCO)C2=O)cc1.